The number of aliphatic hydroxyl groups is 1. The minimum Gasteiger partial charge on any atom is -0.394 e. The van der Waals surface area contributed by atoms with Crippen molar-refractivity contribution >= 4 is 5.91 Å². The third-order valence-corrected chi connectivity index (χ3v) is 2.95. The number of carbonyl (C=O) groups excluding carboxylic acids is 1. The maximum Gasteiger partial charge on any atom is 0.257 e. The zero-order valence-electron chi connectivity index (χ0n) is 10.9. The van der Waals surface area contributed by atoms with Gasteiger partial charge in [0.1, 0.15) is 11.3 Å². The Kier molecular flexibility index (Phi) is 3.97. The maximum absolute atomic E-state index is 12.2. The molecule has 0 fully saturated rings. The summed E-state index contributed by atoms with van der Waals surface area (Å²) >= 11 is 0. The highest BCUT2D eigenvalue weighted by Crippen LogP contribution is 2.16. The van der Waals surface area contributed by atoms with Crippen LogP contribution in [0.25, 0.3) is 0 Å². The second-order valence-corrected chi connectivity index (χ2v) is 4.32. The zero-order chi connectivity index (χ0) is 13.8. The van der Waals surface area contributed by atoms with Crippen LogP contribution in [-0.2, 0) is 0 Å². The first kappa shape index (κ1) is 13.3. The van der Waals surface area contributed by atoms with Crippen molar-refractivity contribution in [2.75, 3.05) is 6.61 Å². The number of hydrogen-bond donors (Lipinski definition) is 2. The van der Waals surface area contributed by atoms with Gasteiger partial charge >= 0.3 is 0 Å². The monoisotopic (exact) mass is 260 g/mol. The average molecular weight is 260 g/mol. The fourth-order valence-electron chi connectivity index (χ4n) is 1.96. The number of aliphatic hydroxyl groups excluding tert-OH is 1. The Bertz CT molecular complexity index is 544. The molecule has 1 aromatic heterocycles. The number of nitrogens with one attached hydrogen (secondary N) is 1. The Morgan fingerprint density at radius 3 is 2.58 bits per heavy atom. The van der Waals surface area contributed by atoms with Crippen LogP contribution >= 0.6 is 0 Å². The molecule has 2 N–H and O–H groups in total. The van der Waals surface area contributed by atoms with Crippen molar-refractivity contribution in [3.05, 3.63) is 52.9 Å². The lowest BCUT2D eigenvalue weighted by molar-refractivity contribution is 0.0914. The highest BCUT2D eigenvalue weighted by Gasteiger charge is 2.21. The van der Waals surface area contributed by atoms with E-state index in [1.807, 2.05) is 30.3 Å². The molecule has 1 heterocycles. The smallest absolute Gasteiger partial charge is 0.257 e. The van der Waals surface area contributed by atoms with Gasteiger partial charge in [0, 0.05) is 0 Å². The normalized spacial score (nSPS) is 12.2. The van der Waals surface area contributed by atoms with Crippen LogP contribution in [-0.4, -0.2) is 22.8 Å². The van der Waals surface area contributed by atoms with Crippen molar-refractivity contribution < 1.29 is 14.4 Å². The molecule has 100 valence electrons. The van der Waals surface area contributed by atoms with Gasteiger partial charge in [0.25, 0.3) is 5.91 Å². The van der Waals surface area contributed by atoms with Gasteiger partial charge in [0.15, 0.2) is 0 Å². The van der Waals surface area contributed by atoms with Crippen LogP contribution in [0, 0.1) is 13.8 Å². The lowest BCUT2D eigenvalue weighted by Crippen LogP contribution is -2.31. The number of aromatic nitrogens is 1. The van der Waals surface area contributed by atoms with Gasteiger partial charge in [-0.2, -0.15) is 0 Å². The highest BCUT2D eigenvalue weighted by molar-refractivity contribution is 5.96. The summed E-state index contributed by atoms with van der Waals surface area (Å²) < 4.78 is 4.96. The lowest BCUT2D eigenvalue weighted by atomic mass is 10.1. The molecule has 19 heavy (non-hydrogen) atoms. The number of amides is 1. The Hall–Kier alpha value is -2.14. The van der Waals surface area contributed by atoms with E-state index in [0.717, 1.165) is 5.56 Å². The van der Waals surface area contributed by atoms with Crippen molar-refractivity contribution in [1.29, 1.82) is 0 Å². The molecule has 5 nitrogen and oxygen atoms in total. The highest BCUT2D eigenvalue weighted by atomic mass is 16.5. The predicted molar refractivity (Wildman–Crippen MR) is 69.7 cm³/mol. The third kappa shape index (κ3) is 2.82. The van der Waals surface area contributed by atoms with Crippen LogP contribution in [0.15, 0.2) is 34.9 Å². The van der Waals surface area contributed by atoms with Gasteiger partial charge in [-0.3, -0.25) is 4.79 Å². The van der Waals surface area contributed by atoms with Crippen LogP contribution in [0.5, 0.6) is 0 Å². The third-order valence-electron chi connectivity index (χ3n) is 2.95. The molecule has 0 aliphatic rings. The van der Waals surface area contributed by atoms with Gasteiger partial charge in [-0.15, -0.1) is 0 Å². The molecule has 0 radical (unpaired) electrons. The van der Waals surface area contributed by atoms with Crippen LogP contribution in [0.1, 0.15) is 33.4 Å². The van der Waals surface area contributed by atoms with E-state index in [2.05, 4.69) is 10.5 Å². The molecule has 0 aliphatic carbocycles. The SMILES string of the molecule is Cc1noc(C)c1C(=O)N[C@@H](CO)c1ccccc1. The number of nitrogens with zero attached hydrogens (tertiary/aromatic N) is 1. The number of carbonyl (C=O) groups is 1. The van der Waals surface area contributed by atoms with Crippen LogP contribution in [0.4, 0.5) is 0 Å². The summed E-state index contributed by atoms with van der Waals surface area (Å²) in [5.74, 6) is 0.180. The van der Waals surface area contributed by atoms with Crippen LogP contribution in [0.2, 0.25) is 0 Å². The van der Waals surface area contributed by atoms with Crippen molar-refractivity contribution in [2.24, 2.45) is 0 Å². The van der Waals surface area contributed by atoms with E-state index in [1.165, 1.54) is 0 Å². The van der Waals surface area contributed by atoms with Crippen molar-refractivity contribution in [3.8, 4) is 0 Å². The minimum absolute atomic E-state index is 0.168. The fourth-order valence-corrected chi connectivity index (χ4v) is 1.96. The first-order valence-electron chi connectivity index (χ1n) is 6.03. The zero-order valence-corrected chi connectivity index (χ0v) is 10.9. The molecule has 1 atom stereocenters. The summed E-state index contributed by atoms with van der Waals surface area (Å²) in [5, 5.41) is 15.9. The maximum atomic E-state index is 12.2. The van der Waals surface area contributed by atoms with Crippen LogP contribution in [0.3, 0.4) is 0 Å². The minimum atomic E-state index is -0.442. The van der Waals surface area contributed by atoms with Gasteiger partial charge in [-0.1, -0.05) is 35.5 Å². The quantitative estimate of drug-likeness (QED) is 0.878. The second kappa shape index (κ2) is 5.67. The number of rotatable bonds is 4. The second-order valence-electron chi connectivity index (χ2n) is 4.32. The van der Waals surface area contributed by atoms with Crippen molar-refractivity contribution in [3.63, 3.8) is 0 Å². The van der Waals surface area contributed by atoms with Gasteiger partial charge in [-0.25, -0.2) is 0 Å². The Balaban J connectivity index is 2.18. The molecule has 0 unspecified atom stereocenters. The molecule has 2 rings (SSSR count). The lowest BCUT2D eigenvalue weighted by Gasteiger charge is -2.16. The molecular formula is C14H16N2O3. The van der Waals surface area contributed by atoms with Gasteiger partial charge in [0.2, 0.25) is 0 Å². The van der Waals surface area contributed by atoms with Gasteiger partial charge < -0.3 is 14.9 Å². The van der Waals surface area contributed by atoms with E-state index in [9.17, 15) is 9.90 Å². The average Bonchev–Trinajstić information content (AvgIpc) is 2.76. The Morgan fingerprint density at radius 2 is 2.05 bits per heavy atom. The van der Waals surface area contributed by atoms with E-state index in [4.69, 9.17) is 4.52 Å². The van der Waals surface area contributed by atoms with Crippen molar-refractivity contribution in [2.45, 2.75) is 19.9 Å². The standard InChI is InChI=1S/C14H16N2O3/c1-9-13(10(2)19-16-9)14(18)15-12(8-17)11-6-4-3-5-7-11/h3-7,12,17H,8H2,1-2H3,(H,15,18)/t12-/m0/s1. The van der Waals surface area contributed by atoms with Crippen LogP contribution < -0.4 is 5.32 Å². The first-order valence-corrected chi connectivity index (χ1v) is 6.03. The molecule has 2 aromatic rings. The number of benzene rings is 1. The predicted octanol–water partition coefficient (Wildman–Crippen LogP) is 1.75. The molecule has 5 heteroatoms. The summed E-state index contributed by atoms with van der Waals surface area (Å²) in [5.41, 5.74) is 1.82. The summed E-state index contributed by atoms with van der Waals surface area (Å²) in [6.07, 6.45) is 0. The summed E-state index contributed by atoms with van der Waals surface area (Å²) in [7, 11) is 0. The largest absolute Gasteiger partial charge is 0.394 e. The van der Waals surface area contributed by atoms with Crippen molar-refractivity contribution in [1.82, 2.24) is 10.5 Å². The number of hydrogen-bond acceptors (Lipinski definition) is 4. The van der Waals surface area contributed by atoms with E-state index in [1.54, 1.807) is 13.8 Å². The molecule has 0 saturated heterocycles. The molecular weight excluding hydrogens is 244 g/mol. The van der Waals surface area contributed by atoms with Gasteiger partial charge in [-0.05, 0) is 19.4 Å². The Morgan fingerprint density at radius 1 is 1.37 bits per heavy atom. The van der Waals surface area contributed by atoms with E-state index < -0.39 is 6.04 Å². The van der Waals surface area contributed by atoms with E-state index in [-0.39, 0.29) is 12.5 Å². The molecule has 0 spiro atoms. The molecule has 0 aliphatic heterocycles. The van der Waals surface area contributed by atoms with E-state index in [0.29, 0.717) is 17.0 Å². The summed E-state index contributed by atoms with van der Waals surface area (Å²) in [4.78, 5) is 12.2. The van der Waals surface area contributed by atoms with Gasteiger partial charge in [0.05, 0.1) is 18.3 Å². The fraction of sp³-hybridized carbons (Fsp3) is 0.286. The molecule has 0 bridgehead atoms. The molecule has 0 saturated carbocycles. The Labute approximate surface area is 111 Å². The first-order chi connectivity index (χ1) is 9.13. The van der Waals surface area contributed by atoms with E-state index >= 15 is 0 Å². The summed E-state index contributed by atoms with van der Waals surface area (Å²) in [6, 6.07) is 8.87. The summed E-state index contributed by atoms with van der Waals surface area (Å²) in [6.45, 7) is 3.23. The molecule has 1 amide bonds. The molecule has 1 aromatic carbocycles. The number of aryl methyl sites for hydroxylation is 2. The topological polar surface area (TPSA) is 75.4 Å².